The maximum atomic E-state index is 9.97. The molecule has 1 unspecified atom stereocenters. The first kappa shape index (κ1) is 15.8. The van der Waals surface area contributed by atoms with E-state index in [1.165, 1.54) is 0 Å². The largest absolute Gasteiger partial charge is 0.490 e. The molecule has 1 atom stereocenters. The Morgan fingerprint density at radius 2 is 1.95 bits per heavy atom. The summed E-state index contributed by atoms with van der Waals surface area (Å²) >= 11 is 0. The van der Waals surface area contributed by atoms with E-state index >= 15 is 0 Å². The van der Waals surface area contributed by atoms with Gasteiger partial charge in [0.25, 0.3) is 0 Å². The molecule has 0 aromatic heterocycles. The molecule has 0 saturated heterocycles. The second-order valence-electron chi connectivity index (χ2n) is 4.88. The molecule has 0 heterocycles. The molecule has 0 fully saturated rings. The summed E-state index contributed by atoms with van der Waals surface area (Å²) in [5, 5.41) is 13.1. The van der Waals surface area contributed by atoms with Crippen LogP contribution in [0.15, 0.2) is 18.2 Å². The van der Waals surface area contributed by atoms with Crippen LogP contribution < -0.4 is 14.8 Å². The quantitative estimate of drug-likeness (QED) is 0.759. The number of nitrogens with one attached hydrogen (secondary N) is 1. The Balaban J connectivity index is 2.81. The minimum absolute atomic E-state index is 0.259. The number of hydrogen-bond donors (Lipinski definition) is 2. The molecule has 0 aliphatic heterocycles. The zero-order valence-corrected chi connectivity index (χ0v) is 12.3. The van der Waals surface area contributed by atoms with Crippen molar-refractivity contribution < 1.29 is 14.6 Å². The molecule has 1 rings (SSSR count). The molecule has 108 valence electrons. The fourth-order valence-corrected chi connectivity index (χ4v) is 1.59. The Kier molecular flexibility index (Phi) is 6.12. The van der Waals surface area contributed by atoms with Gasteiger partial charge in [0, 0.05) is 6.54 Å². The third-order valence-corrected chi connectivity index (χ3v) is 2.99. The summed E-state index contributed by atoms with van der Waals surface area (Å²) in [6.07, 6.45) is 0.648. The molecule has 0 spiro atoms. The topological polar surface area (TPSA) is 50.7 Å². The first-order valence-corrected chi connectivity index (χ1v) is 6.78. The van der Waals surface area contributed by atoms with Crippen LogP contribution in [0.1, 0.15) is 32.8 Å². The average Bonchev–Trinajstić information content (AvgIpc) is 2.39. The first-order valence-electron chi connectivity index (χ1n) is 6.78. The van der Waals surface area contributed by atoms with E-state index in [9.17, 15) is 5.11 Å². The lowest BCUT2D eigenvalue weighted by Crippen LogP contribution is -2.31. The number of benzene rings is 1. The van der Waals surface area contributed by atoms with E-state index in [-0.39, 0.29) is 6.61 Å². The minimum atomic E-state index is -0.812. The predicted octanol–water partition coefficient (Wildman–Crippen LogP) is 2.34. The Hall–Kier alpha value is -1.26. The van der Waals surface area contributed by atoms with Crippen molar-refractivity contribution in [1.29, 1.82) is 0 Å². The van der Waals surface area contributed by atoms with Crippen molar-refractivity contribution in [3.05, 3.63) is 23.8 Å². The molecule has 2 N–H and O–H groups in total. The van der Waals surface area contributed by atoms with Crippen molar-refractivity contribution in [2.75, 3.05) is 20.3 Å². The van der Waals surface area contributed by atoms with Crippen molar-refractivity contribution in [3.63, 3.8) is 0 Å². The second kappa shape index (κ2) is 7.36. The average molecular weight is 267 g/mol. The van der Waals surface area contributed by atoms with E-state index in [0.717, 1.165) is 17.9 Å². The SMILES string of the molecule is CCOc1cc(CNC)ccc1OCC(C)(O)CC. The molecule has 0 radical (unpaired) electrons. The predicted molar refractivity (Wildman–Crippen MR) is 76.8 cm³/mol. The summed E-state index contributed by atoms with van der Waals surface area (Å²) in [6.45, 7) is 7.27. The van der Waals surface area contributed by atoms with E-state index in [1.807, 2.05) is 39.1 Å². The highest BCUT2D eigenvalue weighted by atomic mass is 16.5. The van der Waals surface area contributed by atoms with Gasteiger partial charge in [0.2, 0.25) is 0 Å². The van der Waals surface area contributed by atoms with Crippen LogP contribution in [0.25, 0.3) is 0 Å². The molecule has 1 aromatic rings. The summed E-state index contributed by atoms with van der Waals surface area (Å²) < 4.78 is 11.3. The number of rotatable bonds is 8. The zero-order chi connectivity index (χ0) is 14.3. The van der Waals surface area contributed by atoms with Gasteiger partial charge in [-0.2, -0.15) is 0 Å². The molecular weight excluding hydrogens is 242 g/mol. The van der Waals surface area contributed by atoms with Gasteiger partial charge >= 0.3 is 0 Å². The van der Waals surface area contributed by atoms with Gasteiger partial charge in [0.1, 0.15) is 6.61 Å². The molecule has 0 bridgehead atoms. The molecule has 4 nitrogen and oxygen atoms in total. The summed E-state index contributed by atoms with van der Waals surface area (Å²) in [5.41, 5.74) is 0.327. The van der Waals surface area contributed by atoms with Crippen LogP contribution in [0.4, 0.5) is 0 Å². The van der Waals surface area contributed by atoms with Crippen LogP contribution in [0, 0.1) is 0 Å². The molecule has 1 aromatic carbocycles. The van der Waals surface area contributed by atoms with E-state index < -0.39 is 5.60 Å². The Labute approximate surface area is 115 Å². The monoisotopic (exact) mass is 267 g/mol. The van der Waals surface area contributed by atoms with Crippen LogP contribution in [0.5, 0.6) is 11.5 Å². The third-order valence-electron chi connectivity index (χ3n) is 2.99. The fourth-order valence-electron chi connectivity index (χ4n) is 1.59. The molecule has 0 aliphatic carbocycles. The Morgan fingerprint density at radius 3 is 2.53 bits per heavy atom. The van der Waals surface area contributed by atoms with Crippen molar-refractivity contribution in [3.8, 4) is 11.5 Å². The maximum Gasteiger partial charge on any atom is 0.161 e. The summed E-state index contributed by atoms with van der Waals surface area (Å²) in [6, 6.07) is 5.86. The van der Waals surface area contributed by atoms with Crippen molar-refractivity contribution in [2.45, 2.75) is 39.3 Å². The zero-order valence-electron chi connectivity index (χ0n) is 12.3. The lowest BCUT2D eigenvalue weighted by atomic mass is 10.1. The second-order valence-corrected chi connectivity index (χ2v) is 4.88. The summed E-state index contributed by atoms with van der Waals surface area (Å²) in [5.74, 6) is 1.40. The number of aliphatic hydroxyl groups is 1. The van der Waals surface area contributed by atoms with Gasteiger partial charge in [-0.25, -0.2) is 0 Å². The van der Waals surface area contributed by atoms with Gasteiger partial charge in [0.05, 0.1) is 12.2 Å². The normalized spacial score (nSPS) is 13.9. The van der Waals surface area contributed by atoms with Gasteiger partial charge in [-0.1, -0.05) is 13.0 Å². The molecule has 0 saturated carbocycles. The lowest BCUT2D eigenvalue weighted by Gasteiger charge is -2.22. The van der Waals surface area contributed by atoms with E-state index in [0.29, 0.717) is 18.8 Å². The molecule has 19 heavy (non-hydrogen) atoms. The Morgan fingerprint density at radius 1 is 1.21 bits per heavy atom. The van der Waals surface area contributed by atoms with Crippen LogP contribution in [-0.4, -0.2) is 31.0 Å². The fraction of sp³-hybridized carbons (Fsp3) is 0.600. The van der Waals surface area contributed by atoms with Gasteiger partial charge in [-0.05, 0) is 45.0 Å². The van der Waals surface area contributed by atoms with Gasteiger partial charge in [0.15, 0.2) is 11.5 Å². The van der Waals surface area contributed by atoms with Crippen LogP contribution in [0.2, 0.25) is 0 Å². The number of hydrogen-bond acceptors (Lipinski definition) is 4. The third kappa shape index (κ3) is 5.09. The minimum Gasteiger partial charge on any atom is -0.490 e. The smallest absolute Gasteiger partial charge is 0.161 e. The van der Waals surface area contributed by atoms with Crippen LogP contribution in [-0.2, 0) is 6.54 Å². The Bertz CT molecular complexity index is 391. The van der Waals surface area contributed by atoms with E-state index in [4.69, 9.17) is 9.47 Å². The summed E-state index contributed by atoms with van der Waals surface area (Å²) in [7, 11) is 1.91. The van der Waals surface area contributed by atoms with E-state index in [1.54, 1.807) is 6.92 Å². The van der Waals surface area contributed by atoms with Crippen molar-refractivity contribution in [2.24, 2.45) is 0 Å². The van der Waals surface area contributed by atoms with Gasteiger partial charge in [-0.3, -0.25) is 0 Å². The molecule has 0 aliphatic rings. The molecule has 0 amide bonds. The van der Waals surface area contributed by atoms with Crippen LogP contribution >= 0.6 is 0 Å². The van der Waals surface area contributed by atoms with Gasteiger partial charge < -0.3 is 19.9 Å². The van der Waals surface area contributed by atoms with Crippen molar-refractivity contribution >= 4 is 0 Å². The van der Waals surface area contributed by atoms with Crippen LogP contribution in [0.3, 0.4) is 0 Å². The highest BCUT2D eigenvalue weighted by Gasteiger charge is 2.19. The maximum absolute atomic E-state index is 9.97. The molecular formula is C15H25NO3. The lowest BCUT2D eigenvalue weighted by molar-refractivity contribution is 0.00761. The highest BCUT2D eigenvalue weighted by Crippen LogP contribution is 2.29. The number of ether oxygens (including phenoxy) is 2. The standard InChI is InChI=1S/C15H25NO3/c1-5-15(3,17)11-19-13-8-7-12(10-16-4)9-14(13)18-6-2/h7-9,16-17H,5-6,10-11H2,1-4H3. The van der Waals surface area contributed by atoms with Crippen molar-refractivity contribution in [1.82, 2.24) is 5.32 Å². The molecule has 4 heteroatoms. The van der Waals surface area contributed by atoms with Gasteiger partial charge in [-0.15, -0.1) is 0 Å². The van der Waals surface area contributed by atoms with E-state index in [2.05, 4.69) is 5.32 Å². The highest BCUT2D eigenvalue weighted by molar-refractivity contribution is 5.43. The summed E-state index contributed by atoms with van der Waals surface area (Å²) in [4.78, 5) is 0. The first-order chi connectivity index (χ1) is 9.02.